The number of benzene rings is 1. The van der Waals surface area contributed by atoms with E-state index < -0.39 is 5.97 Å². The quantitative estimate of drug-likeness (QED) is 0.799. The highest BCUT2D eigenvalue weighted by atomic mass is 16.5. The number of carbonyl (C=O) groups excluding carboxylic acids is 2. The molecule has 2 N–H and O–H groups in total. The molecule has 0 bridgehead atoms. The molecule has 1 atom stereocenters. The van der Waals surface area contributed by atoms with Gasteiger partial charge in [-0.25, -0.2) is 0 Å². The van der Waals surface area contributed by atoms with Crippen LogP contribution in [-0.4, -0.2) is 30.0 Å². The predicted molar refractivity (Wildman–Crippen MR) is 80.8 cm³/mol. The second-order valence-corrected chi connectivity index (χ2v) is 4.99. The summed E-state index contributed by atoms with van der Waals surface area (Å²) in [5.74, 6) is -0.767. The molecule has 1 amide bonds. The van der Waals surface area contributed by atoms with Crippen molar-refractivity contribution in [3.05, 3.63) is 36.0 Å². The Morgan fingerprint density at radius 1 is 1.33 bits per heavy atom. The molecule has 112 valence electrons. The minimum Gasteiger partial charge on any atom is -0.465 e. The molecule has 0 aliphatic rings. The van der Waals surface area contributed by atoms with Crippen LogP contribution in [0.15, 0.2) is 30.5 Å². The van der Waals surface area contributed by atoms with Crippen LogP contribution in [-0.2, 0) is 20.7 Å². The molecule has 2 aromatic rings. The van der Waals surface area contributed by atoms with Crippen LogP contribution >= 0.6 is 0 Å². The number of aromatic amines is 1. The van der Waals surface area contributed by atoms with Crippen molar-refractivity contribution in [2.24, 2.45) is 5.92 Å². The standard InChI is InChI=1S/C16H20N2O3/c1-3-21-15(19)10-18-16(20)11(2)8-12-9-17-14-7-5-4-6-13(12)14/h4-7,9,11,17H,3,8,10H2,1-2H3,(H,18,20)/t11-/m0/s1. The van der Waals surface area contributed by atoms with E-state index in [9.17, 15) is 9.59 Å². The van der Waals surface area contributed by atoms with Gasteiger partial charge < -0.3 is 15.0 Å². The summed E-state index contributed by atoms with van der Waals surface area (Å²) in [6.07, 6.45) is 2.55. The van der Waals surface area contributed by atoms with E-state index in [1.165, 1.54) is 0 Å². The molecule has 1 aromatic heterocycles. The zero-order valence-corrected chi connectivity index (χ0v) is 12.3. The minimum absolute atomic E-state index is 0.0785. The van der Waals surface area contributed by atoms with Gasteiger partial charge in [0.1, 0.15) is 6.54 Å². The summed E-state index contributed by atoms with van der Waals surface area (Å²) in [5, 5.41) is 3.73. The maximum absolute atomic E-state index is 12.0. The molecule has 0 aliphatic heterocycles. The van der Waals surface area contributed by atoms with Gasteiger partial charge in [0.2, 0.25) is 5.91 Å². The number of hydrogen-bond acceptors (Lipinski definition) is 3. The van der Waals surface area contributed by atoms with Gasteiger partial charge in [0.25, 0.3) is 0 Å². The Kier molecular flexibility index (Phi) is 4.98. The monoisotopic (exact) mass is 288 g/mol. The minimum atomic E-state index is -0.412. The van der Waals surface area contributed by atoms with Crippen LogP contribution < -0.4 is 5.32 Å². The molecular formula is C16H20N2O3. The predicted octanol–water partition coefficient (Wildman–Crippen LogP) is 2.03. The van der Waals surface area contributed by atoms with Crippen LogP contribution in [0.5, 0.6) is 0 Å². The van der Waals surface area contributed by atoms with Crippen molar-refractivity contribution in [1.29, 1.82) is 0 Å². The summed E-state index contributed by atoms with van der Waals surface area (Å²) in [7, 11) is 0. The van der Waals surface area contributed by atoms with Gasteiger partial charge in [-0.05, 0) is 25.0 Å². The first kappa shape index (κ1) is 15.1. The Balaban J connectivity index is 1.93. The molecule has 0 aliphatic carbocycles. The number of rotatable bonds is 6. The highest BCUT2D eigenvalue weighted by Crippen LogP contribution is 2.20. The topological polar surface area (TPSA) is 71.2 Å². The molecule has 21 heavy (non-hydrogen) atoms. The van der Waals surface area contributed by atoms with Gasteiger partial charge in [0.15, 0.2) is 0 Å². The fraction of sp³-hybridized carbons (Fsp3) is 0.375. The van der Waals surface area contributed by atoms with E-state index in [4.69, 9.17) is 4.74 Å². The molecule has 2 rings (SSSR count). The summed E-state index contributed by atoms with van der Waals surface area (Å²) in [4.78, 5) is 26.4. The first-order valence-electron chi connectivity index (χ1n) is 7.10. The van der Waals surface area contributed by atoms with Gasteiger partial charge in [-0.15, -0.1) is 0 Å². The molecule has 0 fully saturated rings. The lowest BCUT2D eigenvalue weighted by Gasteiger charge is -2.11. The van der Waals surface area contributed by atoms with Gasteiger partial charge >= 0.3 is 5.97 Å². The van der Waals surface area contributed by atoms with E-state index in [0.29, 0.717) is 13.0 Å². The van der Waals surface area contributed by atoms with Crippen molar-refractivity contribution >= 4 is 22.8 Å². The SMILES string of the molecule is CCOC(=O)CNC(=O)[C@@H](C)Cc1c[nH]c2ccccc12. The van der Waals surface area contributed by atoms with E-state index in [-0.39, 0.29) is 18.4 Å². The summed E-state index contributed by atoms with van der Waals surface area (Å²) >= 11 is 0. The number of esters is 1. The Labute approximate surface area is 123 Å². The Morgan fingerprint density at radius 3 is 2.86 bits per heavy atom. The van der Waals surface area contributed by atoms with Crippen molar-refractivity contribution in [1.82, 2.24) is 10.3 Å². The molecule has 5 nitrogen and oxygen atoms in total. The largest absolute Gasteiger partial charge is 0.465 e. The average Bonchev–Trinajstić information content (AvgIpc) is 2.88. The van der Waals surface area contributed by atoms with E-state index in [2.05, 4.69) is 10.3 Å². The molecule has 1 heterocycles. The highest BCUT2D eigenvalue weighted by Gasteiger charge is 2.16. The van der Waals surface area contributed by atoms with Crippen LogP contribution in [0.1, 0.15) is 19.4 Å². The number of hydrogen-bond donors (Lipinski definition) is 2. The fourth-order valence-corrected chi connectivity index (χ4v) is 2.27. The number of carbonyl (C=O) groups is 2. The maximum Gasteiger partial charge on any atom is 0.325 e. The zero-order valence-electron chi connectivity index (χ0n) is 12.3. The molecule has 0 saturated carbocycles. The van der Waals surface area contributed by atoms with Crippen molar-refractivity contribution in [2.45, 2.75) is 20.3 Å². The first-order valence-corrected chi connectivity index (χ1v) is 7.10. The Bertz CT molecular complexity index is 633. The molecular weight excluding hydrogens is 268 g/mol. The van der Waals surface area contributed by atoms with Gasteiger partial charge in [0, 0.05) is 23.0 Å². The van der Waals surface area contributed by atoms with Crippen molar-refractivity contribution in [3.8, 4) is 0 Å². The summed E-state index contributed by atoms with van der Waals surface area (Å²) in [6, 6.07) is 7.98. The van der Waals surface area contributed by atoms with Crippen LogP contribution in [0.4, 0.5) is 0 Å². The van der Waals surface area contributed by atoms with E-state index in [0.717, 1.165) is 16.5 Å². The molecule has 0 saturated heterocycles. The van der Waals surface area contributed by atoms with E-state index in [1.54, 1.807) is 6.92 Å². The number of aromatic nitrogens is 1. The van der Waals surface area contributed by atoms with Crippen molar-refractivity contribution < 1.29 is 14.3 Å². The number of nitrogens with one attached hydrogen (secondary N) is 2. The summed E-state index contributed by atoms with van der Waals surface area (Å²) in [6.45, 7) is 3.83. The summed E-state index contributed by atoms with van der Waals surface area (Å²) in [5.41, 5.74) is 2.16. The van der Waals surface area contributed by atoms with Crippen LogP contribution in [0.25, 0.3) is 10.9 Å². The van der Waals surface area contributed by atoms with Crippen molar-refractivity contribution in [2.75, 3.05) is 13.2 Å². The second-order valence-electron chi connectivity index (χ2n) is 4.99. The molecule has 5 heteroatoms. The molecule has 0 unspecified atom stereocenters. The van der Waals surface area contributed by atoms with Crippen LogP contribution in [0.3, 0.4) is 0 Å². The van der Waals surface area contributed by atoms with Gasteiger partial charge in [-0.2, -0.15) is 0 Å². The Morgan fingerprint density at radius 2 is 2.10 bits per heavy atom. The first-order chi connectivity index (χ1) is 10.1. The third-order valence-electron chi connectivity index (χ3n) is 3.36. The Hall–Kier alpha value is -2.30. The van der Waals surface area contributed by atoms with Crippen LogP contribution in [0.2, 0.25) is 0 Å². The number of ether oxygens (including phenoxy) is 1. The maximum atomic E-state index is 12.0. The lowest BCUT2D eigenvalue weighted by molar-refractivity contribution is -0.143. The van der Waals surface area contributed by atoms with Crippen molar-refractivity contribution in [3.63, 3.8) is 0 Å². The third kappa shape index (κ3) is 3.84. The van der Waals surface area contributed by atoms with Gasteiger partial charge in [-0.3, -0.25) is 9.59 Å². The lowest BCUT2D eigenvalue weighted by atomic mass is 10.00. The van der Waals surface area contributed by atoms with E-state index in [1.807, 2.05) is 37.4 Å². The fourth-order valence-electron chi connectivity index (χ4n) is 2.27. The molecule has 0 spiro atoms. The normalized spacial score (nSPS) is 12.1. The lowest BCUT2D eigenvalue weighted by Crippen LogP contribution is -2.35. The number of H-pyrrole nitrogens is 1. The number of amides is 1. The smallest absolute Gasteiger partial charge is 0.325 e. The average molecular weight is 288 g/mol. The highest BCUT2D eigenvalue weighted by molar-refractivity contribution is 5.86. The third-order valence-corrected chi connectivity index (χ3v) is 3.36. The zero-order chi connectivity index (χ0) is 15.2. The summed E-state index contributed by atoms with van der Waals surface area (Å²) < 4.78 is 4.78. The van der Waals surface area contributed by atoms with Gasteiger partial charge in [0.05, 0.1) is 6.61 Å². The second kappa shape index (κ2) is 6.92. The number of fused-ring (bicyclic) bond motifs is 1. The van der Waals surface area contributed by atoms with E-state index >= 15 is 0 Å². The van der Waals surface area contributed by atoms with Gasteiger partial charge in [-0.1, -0.05) is 25.1 Å². The molecule has 0 radical (unpaired) electrons. The number of para-hydroxylation sites is 1. The van der Waals surface area contributed by atoms with Crippen LogP contribution in [0, 0.1) is 5.92 Å². The molecule has 1 aromatic carbocycles.